The van der Waals surface area contributed by atoms with Crippen molar-refractivity contribution in [3.63, 3.8) is 0 Å². The molecule has 4 nitrogen and oxygen atoms in total. The fourth-order valence-electron chi connectivity index (χ4n) is 3.07. The van der Waals surface area contributed by atoms with E-state index in [1.54, 1.807) is 17.0 Å². The molecule has 2 rings (SSSR count). The lowest BCUT2D eigenvalue weighted by Crippen LogP contribution is -2.51. The van der Waals surface area contributed by atoms with Crippen molar-refractivity contribution >= 4 is 39.5 Å². The number of benzene rings is 2. The lowest BCUT2D eigenvalue weighted by molar-refractivity contribution is -0.139. The highest BCUT2D eigenvalue weighted by Gasteiger charge is 2.29. The molecule has 0 saturated carbocycles. The van der Waals surface area contributed by atoms with Crippen molar-refractivity contribution in [2.75, 3.05) is 5.75 Å². The molecule has 0 aliphatic rings. The Bertz CT molecular complexity index is 846. The molecule has 2 atom stereocenters. The van der Waals surface area contributed by atoms with Crippen LogP contribution in [0.3, 0.4) is 0 Å². The van der Waals surface area contributed by atoms with Gasteiger partial charge in [-0.15, -0.1) is 11.8 Å². The molecule has 0 aliphatic carbocycles. The standard InChI is InChI=1S/C24H30BrFN2O2S/c1-4-17(3)27-24(30)22(5-2)28(14-18-8-12-21(26)13-9-18)23(29)16-31-15-19-6-10-20(25)11-7-19/h6-13,17,22H,4-5,14-16H2,1-3H3,(H,27,30)/t17-,22-/m1/s1. The molecule has 0 heterocycles. The fraction of sp³-hybridized carbons (Fsp3) is 0.417. The summed E-state index contributed by atoms with van der Waals surface area (Å²) in [5.74, 6) is 0.403. The second-order valence-corrected chi connectivity index (χ2v) is 9.41. The third-order valence-corrected chi connectivity index (χ3v) is 6.58. The van der Waals surface area contributed by atoms with E-state index in [2.05, 4.69) is 21.2 Å². The SMILES string of the molecule is CC[C@@H](C)NC(=O)[C@@H](CC)N(Cc1ccc(F)cc1)C(=O)CSCc1ccc(Br)cc1. The molecule has 7 heteroatoms. The van der Waals surface area contributed by atoms with Crippen LogP contribution in [-0.4, -0.2) is 34.6 Å². The van der Waals surface area contributed by atoms with Crippen LogP contribution in [0.2, 0.25) is 0 Å². The summed E-state index contributed by atoms with van der Waals surface area (Å²) in [6.45, 7) is 6.13. The van der Waals surface area contributed by atoms with Gasteiger partial charge in [0, 0.05) is 22.8 Å². The Morgan fingerprint density at radius 1 is 1.03 bits per heavy atom. The third kappa shape index (κ3) is 8.30. The highest BCUT2D eigenvalue weighted by molar-refractivity contribution is 9.10. The van der Waals surface area contributed by atoms with Crippen molar-refractivity contribution in [1.29, 1.82) is 0 Å². The number of hydrogen-bond acceptors (Lipinski definition) is 3. The van der Waals surface area contributed by atoms with Gasteiger partial charge < -0.3 is 10.2 Å². The van der Waals surface area contributed by atoms with E-state index in [1.807, 2.05) is 45.0 Å². The number of halogens is 2. The van der Waals surface area contributed by atoms with Crippen molar-refractivity contribution in [1.82, 2.24) is 10.2 Å². The molecule has 0 spiro atoms. The summed E-state index contributed by atoms with van der Waals surface area (Å²) in [5, 5.41) is 2.99. The molecule has 0 aromatic heterocycles. The van der Waals surface area contributed by atoms with Gasteiger partial charge in [0.25, 0.3) is 0 Å². The van der Waals surface area contributed by atoms with Crippen molar-refractivity contribution in [3.05, 3.63) is 69.9 Å². The predicted molar refractivity (Wildman–Crippen MR) is 129 cm³/mol. The fourth-order valence-corrected chi connectivity index (χ4v) is 4.20. The largest absolute Gasteiger partial charge is 0.352 e. The summed E-state index contributed by atoms with van der Waals surface area (Å²) < 4.78 is 14.3. The van der Waals surface area contributed by atoms with Crippen LogP contribution in [0, 0.1) is 5.82 Å². The van der Waals surface area contributed by atoms with E-state index in [-0.39, 0.29) is 36.0 Å². The zero-order valence-corrected chi connectivity index (χ0v) is 20.6. The lowest BCUT2D eigenvalue weighted by Gasteiger charge is -2.31. The molecule has 2 aromatic rings. The molecule has 0 aliphatic heterocycles. The van der Waals surface area contributed by atoms with E-state index in [1.165, 1.54) is 23.9 Å². The van der Waals surface area contributed by atoms with Crippen LogP contribution in [-0.2, 0) is 21.9 Å². The summed E-state index contributed by atoms with van der Waals surface area (Å²) in [6, 6.07) is 13.5. The van der Waals surface area contributed by atoms with Gasteiger partial charge in [-0.3, -0.25) is 9.59 Å². The van der Waals surface area contributed by atoms with E-state index >= 15 is 0 Å². The van der Waals surface area contributed by atoms with Crippen LogP contribution in [0.5, 0.6) is 0 Å². The molecule has 0 bridgehead atoms. The number of hydrogen-bond donors (Lipinski definition) is 1. The summed E-state index contributed by atoms with van der Waals surface area (Å²) in [4.78, 5) is 27.7. The van der Waals surface area contributed by atoms with Crippen LogP contribution in [0.1, 0.15) is 44.7 Å². The second kappa shape index (κ2) is 12.9. The Morgan fingerprint density at radius 3 is 2.23 bits per heavy atom. The van der Waals surface area contributed by atoms with Crippen LogP contribution < -0.4 is 5.32 Å². The minimum atomic E-state index is -0.570. The van der Waals surface area contributed by atoms with Crippen molar-refractivity contribution < 1.29 is 14.0 Å². The van der Waals surface area contributed by atoms with Crippen LogP contribution in [0.15, 0.2) is 53.0 Å². The van der Waals surface area contributed by atoms with Gasteiger partial charge >= 0.3 is 0 Å². The molecule has 31 heavy (non-hydrogen) atoms. The Kier molecular flexibility index (Phi) is 10.5. The molecule has 1 N–H and O–H groups in total. The third-order valence-electron chi connectivity index (χ3n) is 5.06. The lowest BCUT2D eigenvalue weighted by atomic mass is 10.1. The zero-order chi connectivity index (χ0) is 22.8. The van der Waals surface area contributed by atoms with Gasteiger partial charge in [0.1, 0.15) is 11.9 Å². The summed E-state index contributed by atoms with van der Waals surface area (Å²) in [5.41, 5.74) is 1.93. The summed E-state index contributed by atoms with van der Waals surface area (Å²) >= 11 is 4.94. The molecular weight excluding hydrogens is 479 g/mol. The maximum atomic E-state index is 13.3. The number of carbonyl (C=O) groups excluding carboxylic acids is 2. The predicted octanol–water partition coefficient (Wildman–Crippen LogP) is 5.54. The smallest absolute Gasteiger partial charge is 0.243 e. The van der Waals surface area contributed by atoms with Crippen LogP contribution in [0.4, 0.5) is 4.39 Å². The minimum absolute atomic E-state index is 0.0381. The highest BCUT2D eigenvalue weighted by atomic mass is 79.9. The maximum absolute atomic E-state index is 13.3. The van der Waals surface area contributed by atoms with Gasteiger partial charge in [-0.05, 0) is 55.2 Å². The Balaban J connectivity index is 2.12. The highest BCUT2D eigenvalue weighted by Crippen LogP contribution is 2.19. The number of nitrogens with one attached hydrogen (secondary N) is 1. The van der Waals surface area contributed by atoms with Gasteiger partial charge in [-0.1, -0.05) is 54.0 Å². The average molecular weight is 509 g/mol. The molecule has 0 saturated heterocycles. The van der Waals surface area contributed by atoms with Crippen molar-refractivity contribution in [3.8, 4) is 0 Å². The average Bonchev–Trinajstić information content (AvgIpc) is 2.76. The molecule has 0 fully saturated rings. The molecular formula is C24H30BrFN2O2S. The molecule has 2 aromatic carbocycles. The number of nitrogens with zero attached hydrogens (tertiary/aromatic N) is 1. The van der Waals surface area contributed by atoms with E-state index in [4.69, 9.17) is 0 Å². The Hall–Kier alpha value is -1.86. The number of thioether (sulfide) groups is 1. The minimum Gasteiger partial charge on any atom is -0.352 e. The van der Waals surface area contributed by atoms with E-state index < -0.39 is 6.04 Å². The second-order valence-electron chi connectivity index (χ2n) is 7.51. The van der Waals surface area contributed by atoms with Gasteiger partial charge in [0.15, 0.2) is 0 Å². The maximum Gasteiger partial charge on any atom is 0.243 e. The van der Waals surface area contributed by atoms with E-state index in [0.29, 0.717) is 12.2 Å². The Labute approximate surface area is 197 Å². The number of amides is 2. The molecule has 2 amide bonds. The van der Waals surface area contributed by atoms with Gasteiger partial charge in [-0.25, -0.2) is 4.39 Å². The molecule has 168 valence electrons. The monoisotopic (exact) mass is 508 g/mol. The molecule has 0 unspecified atom stereocenters. The Morgan fingerprint density at radius 2 is 1.65 bits per heavy atom. The summed E-state index contributed by atoms with van der Waals surface area (Å²) in [6.07, 6.45) is 1.32. The van der Waals surface area contributed by atoms with Gasteiger partial charge in [0.05, 0.1) is 5.75 Å². The van der Waals surface area contributed by atoms with Gasteiger partial charge in [-0.2, -0.15) is 0 Å². The van der Waals surface area contributed by atoms with Gasteiger partial charge in [0.2, 0.25) is 11.8 Å². The first-order valence-corrected chi connectivity index (χ1v) is 12.4. The van der Waals surface area contributed by atoms with Crippen molar-refractivity contribution in [2.45, 2.75) is 58.0 Å². The van der Waals surface area contributed by atoms with Crippen molar-refractivity contribution in [2.24, 2.45) is 0 Å². The summed E-state index contributed by atoms with van der Waals surface area (Å²) in [7, 11) is 0. The topological polar surface area (TPSA) is 49.4 Å². The first-order chi connectivity index (χ1) is 14.8. The van der Waals surface area contributed by atoms with Crippen LogP contribution >= 0.6 is 27.7 Å². The number of carbonyl (C=O) groups is 2. The number of rotatable bonds is 11. The first kappa shape index (κ1) is 25.4. The van der Waals surface area contributed by atoms with Crippen LogP contribution in [0.25, 0.3) is 0 Å². The quantitative estimate of drug-likeness (QED) is 0.433. The first-order valence-electron chi connectivity index (χ1n) is 10.5. The molecule has 0 radical (unpaired) electrons. The van der Waals surface area contributed by atoms with E-state index in [9.17, 15) is 14.0 Å². The van der Waals surface area contributed by atoms with E-state index in [0.717, 1.165) is 22.0 Å². The normalized spacial score (nSPS) is 12.8. The zero-order valence-electron chi connectivity index (χ0n) is 18.2.